The minimum Gasteiger partial charge on any atom is -0.488 e. The zero-order valence-electron chi connectivity index (χ0n) is 8.33. The van der Waals surface area contributed by atoms with E-state index in [0.29, 0.717) is 17.8 Å². The van der Waals surface area contributed by atoms with Crippen LogP contribution >= 0.6 is 11.6 Å². The Balaban J connectivity index is 2.41. The number of nitrogens with zero attached hydrogens (tertiary/aromatic N) is 2. The number of ether oxygens (including phenoxy) is 1. The Kier molecular flexibility index (Phi) is 2.50. The van der Waals surface area contributed by atoms with Gasteiger partial charge in [-0.05, 0) is 26.0 Å². The van der Waals surface area contributed by atoms with Crippen LogP contribution in [-0.2, 0) is 0 Å². The second-order valence-corrected chi connectivity index (χ2v) is 3.98. The number of pyridine rings is 1. The van der Waals surface area contributed by atoms with Crippen LogP contribution in [0.4, 0.5) is 5.82 Å². The van der Waals surface area contributed by atoms with Crippen molar-refractivity contribution in [3.05, 3.63) is 17.3 Å². The summed E-state index contributed by atoms with van der Waals surface area (Å²) in [5.74, 6) is 1.69. The Bertz CT molecular complexity index is 341. The SMILES string of the molecule is CC(C)N1CCOc2ccc(Cl)nc21. The van der Waals surface area contributed by atoms with Gasteiger partial charge in [0.05, 0.1) is 6.54 Å². The molecule has 0 unspecified atom stereocenters. The van der Waals surface area contributed by atoms with Gasteiger partial charge in [-0.3, -0.25) is 0 Å². The first-order chi connectivity index (χ1) is 6.68. The molecule has 0 aromatic carbocycles. The van der Waals surface area contributed by atoms with Crippen LogP contribution in [0.2, 0.25) is 5.15 Å². The van der Waals surface area contributed by atoms with Crippen molar-refractivity contribution in [2.75, 3.05) is 18.1 Å². The maximum absolute atomic E-state index is 5.85. The minimum absolute atomic E-state index is 0.420. The Morgan fingerprint density at radius 2 is 2.29 bits per heavy atom. The van der Waals surface area contributed by atoms with Gasteiger partial charge in [0.1, 0.15) is 11.8 Å². The highest BCUT2D eigenvalue weighted by molar-refractivity contribution is 6.29. The number of fused-ring (bicyclic) bond motifs is 1. The molecule has 14 heavy (non-hydrogen) atoms. The third kappa shape index (κ3) is 1.64. The van der Waals surface area contributed by atoms with Crippen molar-refractivity contribution in [1.82, 2.24) is 4.98 Å². The molecule has 0 fully saturated rings. The molecule has 0 saturated carbocycles. The van der Waals surface area contributed by atoms with E-state index in [9.17, 15) is 0 Å². The third-order valence-corrected chi connectivity index (χ3v) is 2.50. The molecule has 1 aliphatic heterocycles. The van der Waals surface area contributed by atoms with Gasteiger partial charge in [-0.1, -0.05) is 11.6 Å². The first kappa shape index (κ1) is 9.59. The molecule has 0 N–H and O–H groups in total. The van der Waals surface area contributed by atoms with Gasteiger partial charge in [-0.25, -0.2) is 4.98 Å². The first-order valence-corrected chi connectivity index (χ1v) is 5.12. The summed E-state index contributed by atoms with van der Waals surface area (Å²) < 4.78 is 5.50. The van der Waals surface area contributed by atoms with Crippen LogP contribution in [0.25, 0.3) is 0 Å². The predicted octanol–water partition coefficient (Wildman–Crippen LogP) is 2.34. The maximum Gasteiger partial charge on any atom is 0.173 e. The lowest BCUT2D eigenvalue weighted by Gasteiger charge is -2.33. The topological polar surface area (TPSA) is 25.4 Å². The summed E-state index contributed by atoms with van der Waals surface area (Å²) in [6, 6.07) is 4.05. The summed E-state index contributed by atoms with van der Waals surface area (Å²) in [5.41, 5.74) is 0. The molecule has 1 aliphatic rings. The molecule has 0 saturated heterocycles. The molecule has 0 spiro atoms. The smallest absolute Gasteiger partial charge is 0.173 e. The van der Waals surface area contributed by atoms with Gasteiger partial charge in [0.15, 0.2) is 11.6 Å². The lowest BCUT2D eigenvalue weighted by atomic mass is 10.2. The van der Waals surface area contributed by atoms with E-state index in [-0.39, 0.29) is 0 Å². The van der Waals surface area contributed by atoms with E-state index in [1.54, 1.807) is 6.07 Å². The van der Waals surface area contributed by atoms with E-state index in [4.69, 9.17) is 16.3 Å². The summed E-state index contributed by atoms with van der Waals surface area (Å²) in [6.45, 7) is 5.86. The van der Waals surface area contributed by atoms with Gasteiger partial charge in [0.25, 0.3) is 0 Å². The van der Waals surface area contributed by atoms with Gasteiger partial charge in [-0.2, -0.15) is 0 Å². The predicted molar refractivity (Wildman–Crippen MR) is 57.2 cm³/mol. The molecule has 4 heteroatoms. The zero-order valence-corrected chi connectivity index (χ0v) is 9.08. The highest BCUT2D eigenvalue weighted by Gasteiger charge is 2.21. The molecule has 0 amide bonds. The summed E-state index contributed by atoms with van der Waals surface area (Å²) in [6.07, 6.45) is 0. The summed E-state index contributed by atoms with van der Waals surface area (Å²) in [5, 5.41) is 0.514. The van der Waals surface area contributed by atoms with Crippen LogP contribution in [0.5, 0.6) is 5.75 Å². The van der Waals surface area contributed by atoms with Crippen LogP contribution in [0.1, 0.15) is 13.8 Å². The Morgan fingerprint density at radius 3 is 3.00 bits per heavy atom. The summed E-state index contributed by atoms with van der Waals surface area (Å²) in [4.78, 5) is 6.48. The monoisotopic (exact) mass is 212 g/mol. The molecule has 0 atom stereocenters. The summed E-state index contributed by atoms with van der Waals surface area (Å²) in [7, 11) is 0. The molecule has 2 heterocycles. The van der Waals surface area contributed by atoms with Crippen molar-refractivity contribution in [3.63, 3.8) is 0 Å². The second-order valence-electron chi connectivity index (χ2n) is 3.59. The van der Waals surface area contributed by atoms with E-state index >= 15 is 0 Å². The van der Waals surface area contributed by atoms with E-state index in [1.165, 1.54) is 0 Å². The minimum atomic E-state index is 0.420. The molecule has 1 aromatic rings. The molecule has 76 valence electrons. The van der Waals surface area contributed by atoms with Crippen molar-refractivity contribution >= 4 is 17.4 Å². The fraction of sp³-hybridized carbons (Fsp3) is 0.500. The number of halogens is 1. The van der Waals surface area contributed by atoms with E-state index in [0.717, 1.165) is 18.1 Å². The standard InChI is InChI=1S/C10H13ClN2O/c1-7(2)13-5-6-14-8-3-4-9(11)12-10(8)13/h3-4,7H,5-6H2,1-2H3. The molecule has 1 aromatic heterocycles. The molecule has 0 bridgehead atoms. The van der Waals surface area contributed by atoms with Gasteiger partial charge in [0.2, 0.25) is 0 Å². The van der Waals surface area contributed by atoms with Gasteiger partial charge in [-0.15, -0.1) is 0 Å². The van der Waals surface area contributed by atoms with Gasteiger partial charge < -0.3 is 9.64 Å². The van der Waals surface area contributed by atoms with Gasteiger partial charge >= 0.3 is 0 Å². The largest absolute Gasteiger partial charge is 0.488 e. The number of rotatable bonds is 1. The maximum atomic E-state index is 5.85. The van der Waals surface area contributed by atoms with Crippen LogP contribution in [0, 0.1) is 0 Å². The van der Waals surface area contributed by atoms with Crippen molar-refractivity contribution in [2.45, 2.75) is 19.9 Å². The van der Waals surface area contributed by atoms with Gasteiger partial charge in [0, 0.05) is 6.04 Å². The van der Waals surface area contributed by atoms with Crippen molar-refractivity contribution in [2.24, 2.45) is 0 Å². The lowest BCUT2D eigenvalue weighted by Crippen LogP contribution is -2.38. The number of hydrogen-bond acceptors (Lipinski definition) is 3. The van der Waals surface area contributed by atoms with Crippen LogP contribution < -0.4 is 9.64 Å². The van der Waals surface area contributed by atoms with Crippen LogP contribution in [0.15, 0.2) is 12.1 Å². The average molecular weight is 213 g/mol. The quantitative estimate of drug-likeness (QED) is 0.669. The molecule has 3 nitrogen and oxygen atoms in total. The molecule has 2 rings (SSSR count). The Morgan fingerprint density at radius 1 is 1.50 bits per heavy atom. The fourth-order valence-corrected chi connectivity index (χ4v) is 1.74. The first-order valence-electron chi connectivity index (χ1n) is 4.74. The highest BCUT2D eigenvalue weighted by atomic mass is 35.5. The number of hydrogen-bond donors (Lipinski definition) is 0. The van der Waals surface area contributed by atoms with Crippen molar-refractivity contribution in [3.8, 4) is 5.75 Å². The molecule has 0 aliphatic carbocycles. The van der Waals surface area contributed by atoms with Crippen LogP contribution in [-0.4, -0.2) is 24.2 Å². The zero-order chi connectivity index (χ0) is 10.1. The van der Waals surface area contributed by atoms with E-state index < -0.39 is 0 Å². The lowest BCUT2D eigenvalue weighted by molar-refractivity contribution is 0.300. The van der Waals surface area contributed by atoms with E-state index in [1.807, 2.05) is 6.07 Å². The normalized spacial score (nSPS) is 15.3. The Labute approximate surface area is 88.6 Å². The molecular weight excluding hydrogens is 200 g/mol. The van der Waals surface area contributed by atoms with Crippen molar-refractivity contribution < 1.29 is 4.74 Å². The summed E-state index contributed by atoms with van der Waals surface area (Å²) >= 11 is 5.85. The highest BCUT2D eigenvalue weighted by Crippen LogP contribution is 2.31. The van der Waals surface area contributed by atoms with E-state index in [2.05, 4.69) is 23.7 Å². The second kappa shape index (κ2) is 3.65. The average Bonchev–Trinajstić information content (AvgIpc) is 2.16. The molecular formula is C10H13ClN2O. The number of anilines is 1. The third-order valence-electron chi connectivity index (χ3n) is 2.29. The molecule has 0 radical (unpaired) electrons. The van der Waals surface area contributed by atoms with Crippen LogP contribution in [0.3, 0.4) is 0 Å². The fourth-order valence-electron chi connectivity index (χ4n) is 1.59. The van der Waals surface area contributed by atoms with Crippen molar-refractivity contribution in [1.29, 1.82) is 0 Å². The Hall–Kier alpha value is -0.960. The number of aromatic nitrogens is 1.